The first-order valence-corrected chi connectivity index (χ1v) is 9.56. The summed E-state index contributed by atoms with van der Waals surface area (Å²) in [4.78, 5) is 12.3. The molecule has 0 aromatic heterocycles. The Balaban J connectivity index is 2.29. The van der Waals surface area contributed by atoms with E-state index in [0.29, 0.717) is 35.7 Å². The number of carbonyl (C=O) groups excluding carboxylic acids is 1. The molecule has 0 aliphatic rings. The van der Waals surface area contributed by atoms with E-state index in [1.165, 1.54) is 19.2 Å². The highest BCUT2D eigenvalue weighted by Gasteiger charge is 2.19. The summed E-state index contributed by atoms with van der Waals surface area (Å²) in [5.41, 5.74) is 1.35. The van der Waals surface area contributed by atoms with E-state index in [0.717, 1.165) is 0 Å². The van der Waals surface area contributed by atoms with Crippen molar-refractivity contribution >= 4 is 21.6 Å². The number of aryl methyl sites for hydroxylation is 1. The van der Waals surface area contributed by atoms with E-state index in [-0.39, 0.29) is 10.8 Å². The zero-order valence-electron chi connectivity index (χ0n) is 15.0. The van der Waals surface area contributed by atoms with E-state index in [2.05, 4.69) is 15.4 Å². The second-order valence-corrected chi connectivity index (χ2v) is 7.32. The van der Waals surface area contributed by atoms with Gasteiger partial charge in [-0.15, -0.1) is 0 Å². The molecule has 0 saturated carbocycles. The number of ether oxygens (including phenoxy) is 1. The van der Waals surface area contributed by atoms with Crippen molar-refractivity contribution < 1.29 is 17.9 Å². The number of sulfonamides is 1. The monoisotopic (exact) mass is 377 g/mol. The Bertz CT molecular complexity index is 882. The van der Waals surface area contributed by atoms with Gasteiger partial charge >= 0.3 is 0 Å². The van der Waals surface area contributed by atoms with Crippen molar-refractivity contribution in [3.63, 3.8) is 0 Å². The van der Waals surface area contributed by atoms with Crippen LogP contribution >= 0.6 is 0 Å². The van der Waals surface area contributed by atoms with Gasteiger partial charge in [0.1, 0.15) is 5.75 Å². The Morgan fingerprint density at radius 2 is 1.85 bits per heavy atom. The summed E-state index contributed by atoms with van der Waals surface area (Å²) in [7, 11) is -0.615. The van der Waals surface area contributed by atoms with E-state index in [9.17, 15) is 13.2 Å². The molecule has 0 spiro atoms. The number of para-hydroxylation sites is 2. The number of amides is 1. The summed E-state index contributed by atoms with van der Waals surface area (Å²) >= 11 is 0. The van der Waals surface area contributed by atoms with Gasteiger partial charge in [0.2, 0.25) is 0 Å². The number of hydrogen-bond acceptors (Lipinski definition) is 5. The first-order chi connectivity index (χ1) is 12.4. The molecule has 0 heterocycles. The van der Waals surface area contributed by atoms with Crippen LogP contribution in [0.5, 0.6) is 5.75 Å². The number of likely N-dealkylation sites (N-methyl/N-ethyl adjacent to an activating group) is 1. The van der Waals surface area contributed by atoms with Crippen molar-refractivity contribution in [1.82, 2.24) is 10.6 Å². The van der Waals surface area contributed by atoms with Gasteiger partial charge in [-0.1, -0.05) is 18.2 Å². The number of nitrogens with one attached hydrogen (secondary N) is 3. The van der Waals surface area contributed by atoms with Crippen LogP contribution in [0, 0.1) is 6.92 Å². The molecule has 0 saturated heterocycles. The number of carbonyl (C=O) groups is 1. The molecule has 1 amide bonds. The predicted molar refractivity (Wildman–Crippen MR) is 101 cm³/mol. The lowest BCUT2D eigenvalue weighted by atomic mass is 10.1. The fraction of sp³-hybridized carbons (Fsp3) is 0.278. The lowest BCUT2D eigenvalue weighted by molar-refractivity contribution is 0.0953. The van der Waals surface area contributed by atoms with E-state index >= 15 is 0 Å². The van der Waals surface area contributed by atoms with Gasteiger partial charge in [-0.3, -0.25) is 9.52 Å². The molecule has 0 unspecified atom stereocenters. The normalized spacial score (nSPS) is 11.0. The Labute approximate surface area is 153 Å². The Morgan fingerprint density at radius 1 is 1.12 bits per heavy atom. The average Bonchev–Trinajstić information content (AvgIpc) is 2.62. The molecule has 0 aliphatic carbocycles. The first-order valence-electron chi connectivity index (χ1n) is 8.08. The number of hydrogen-bond donors (Lipinski definition) is 3. The summed E-state index contributed by atoms with van der Waals surface area (Å²) in [5.74, 6) is 0.0975. The average molecular weight is 377 g/mol. The van der Waals surface area contributed by atoms with Crippen LogP contribution in [0.25, 0.3) is 0 Å². The summed E-state index contributed by atoms with van der Waals surface area (Å²) in [6, 6.07) is 11.2. The molecule has 7 nitrogen and oxygen atoms in total. The lowest BCUT2D eigenvalue weighted by Gasteiger charge is -2.13. The molecule has 140 valence electrons. The zero-order valence-corrected chi connectivity index (χ0v) is 15.8. The molecule has 3 N–H and O–H groups in total. The highest BCUT2D eigenvalue weighted by atomic mass is 32.2. The van der Waals surface area contributed by atoms with Gasteiger partial charge in [0.05, 0.1) is 17.7 Å². The van der Waals surface area contributed by atoms with Gasteiger partial charge < -0.3 is 15.4 Å². The molecule has 26 heavy (non-hydrogen) atoms. The van der Waals surface area contributed by atoms with E-state index in [1.54, 1.807) is 44.3 Å². The maximum absolute atomic E-state index is 12.7. The predicted octanol–water partition coefficient (Wildman–Crippen LogP) is 1.75. The van der Waals surface area contributed by atoms with Gasteiger partial charge in [0.15, 0.2) is 0 Å². The van der Waals surface area contributed by atoms with Crippen molar-refractivity contribution in [2.24, 2.45) is 0 Å². The maximum atomic E-state index is 12.7. The van der Waals surface area contributed by atoms with Crippen LogP contribution in [0.1, 0.15) is 15.9 Å². The highest BCUT2D eigenvalue weighted by molar-refractivity contribution is 7.92. The zero-order chi connectivity index (χ0) is 19.2. The van der Waals surface area contributed by atoms with Gasteiger partial charge in [0, 0.05) is 18.7 Å². The molecule has 0 aliphatic heterocycles. The van der Waals surface area contributed by atoms with Crippen LogP contribution in [0.2, 0.25) is 0 Å². The molecule has 2 rings (SSSR count). The number of benzene rings is 2. The molecule has 2 aromatic carbocycles. The molecule has 8 heteroatoms. The maximum Gasteiger partial charge on any atom is 0.262 e. The van der Waals surface area contributed by atoms with Crippen LogP contribution in [-0.2, 0) is 10.0 Å². The number of methoxy groups -OCH3 is 1. The fourth-order valence-electron chi connectivity index (χ4n) is 2.34. The van der Waals surface area contributed by atoms with Crippen molar-refractivity contribution in [3.8, 4) is 5.75 Å². The van der Waals surface area contributed by atoms with Gasteiger partial charge in [-0.25, -0.2) is 8.42 Å². The first kappa shape index (κ1) is 19.7. The van der Waals surface area contributed by atoms with Crippen molar-refractivity contribution in [2.75, 3.05) is 32.0 Å². The third-order valence-electron chi connectivity index (χ3n) is 3.78. The van der Waals surface area contributed by atoms with Crippen LogP contribution in [-0.4, -0.2) is 41.6 Å². The third-order valence-corrected chi connectivity index (χ3v) is 5.14. The Kier molecular flexibility index (Phi) is 6.59. The third kappa shape index (κ3) is 4.74. The molecule has 2 aromatic rings. The van der Waals surface area contributed by atoms with Crippen molar-refractivity contribution in [3.05, 3.63) is 53.6 Å². The van der Waals surface area contributed by atoms with Crippen LogP contribution in [0.15, 0.2) is 47.4 Å². The Hall–Kier alpha value is -2.58. The molecular formula is C18H23N3O4S. The van der Waals surface area contributed by atoms with Crippen LogP contribution in [0.4, 0.5) is 5.69 Å². The summed E-state index contributed by atoms with van der Waals surface area (Å²) in [6.07, 6.45) is 0. The quantitative estimate of drug-likeness (QED) is 0.609. The number of rotatable bonds is 8. The Morgan fingerprint density at radius 3 is 2.54 bits per heavy atom. The molecular weight excluding hydrogens is 354 g/mol. The minimum Gasteiger partial charge on any atom is -0.495 e. The van der Waals surface area contributed by atoms with Crippen molar-refractivity contribution in [1.29, 1.82) is 0 Å². The van der Waals surface area contributed by atoms with Gasteiger partial charge in [-0.2, -0.15) is 0 Å². The van der Waals surface area contributed by atoms with Crippen molar-refractivity contribution in [2.45, 2.75) is 11.8 Å². The number of anilines is 1. The standard InChI is InChI=1S/C18H23N3O4S/c1-13-8-9-14(12-15(13)18(22)20-11-10-19-2)26(23,24)21-16-6-4-5-7-17(16)25-3/h4-9,12,19,21H,10-11H2,1-3H3,(H,20,22). The minimum absolute atomic E-state index is 0.00720. The van der Waals surface area contributed by atoms with Gasteiger partial charge in [0.25, 0.3) is 15.9 Å². The summed E-state index contributed by atoms with van der Waals surface area (Å²) in [5, 5.41) is 5.68. The molecule has 0 atom stereocenters. The van der Waals surface area contributed by atoms with E-state index in [1.807, 2.05) is 0 Å². The molecule has 0 radical (unpaired) electrons. The minimum atomic E-state index is -3.87. The molecule has 0 fully saturated rings. The van der Waals surface area contributed by atoms with Crippen LogP contribution < -0.4 is 20.1 Å². The summed E-state index contributed by atoms with van der Waals surface area (Å²) < 4.78 is 33.1. The largest absolute Gasteiger partial charge is 0.495 e. The topological polar surface area (TPSA) is 96.5 Å². The second-order valence-electron chi connectivity index (χ2n) is 5.64. The SMILES string of the molecule is CNCCNC(=O)c1cc(S(=O)(=O)Nc2ccccc2OC)ccc1C. The molecule has 0 bridgehead atoms. The van der Waals surface area contributed by atoms with E-state index in [4.69, 9.17) is 4.74 Å². The summed E-state index contributed by atoms with van der Waals surface area (Å²) in [6.45, 7) is 2.83. The van der Waals surface area contributed by atoms with Gasteiger partial charge in [-0.05, 0) is 43.8 Å². The second kappa shape index (κ2) is 8.68. The van der Waals surface area contributed by atoms with Crippen LogP contribution in [0.3, 0.4) is 0 Å². The van der Waals surface area contributed by atoms with E-state index < -0.39 is 10.0 Å². The lowest BCUT2D eigenvalue weighted by Crippen LogP contribution is -2.31. The smallest absolute Gasteiger partial charge is 0.262 e. The fourth-order valence-corrected chi connectivity index (χ4v) is 3.44. The highest BCUT2D eigenvalue weighted by Crippen LogP contribution is 2.26.